The first kappa shape index (κ1) is 42.9. The SMILES string of the molecule is CC1(C)c2cc(-c3ccccc3)ccc2-c2ccc(N(c3ccc(-c4ccc5c(c4)c4ccccc4n5-c4ccccc4)cc3)c3ccc4c(c3)Cc3ccccc3C4(c3ccccc3)c3ccccc3)cc21. The van der Waals surface area contributed by atoms with E-state index in [1.54, 1.807) is 0 Å². The Morgan fingerprint density at radius 3 is 1.59 bits per heavy atom. The highest BCUT2D eigenvalue weighted by Gasteiger charge is 2.44. The standard InChI is InChI=1S/C71H52N2/c1-70(2)66-46-51(48-19-7-3-8-20-48)33-39-60(66)61-40-37-59(47-67(61)70)72(57-35-31-49(32-36-57)50-34-42-69-63(45-50)62-28-16-18-30-68(62)73(69)56-26-13-6-14-27-56)58-38-41-65-53(44-58)43-52-21-15-17-29-64(52)71(65,54-22-9-4-10-23-54)55-24-11-5-12-25-55/h3-42,44-47H,43H2,1-2H3. The zero-order chi connectivity index (χ0) is 48.7. The van der Waals surface area contributed by atoms with Gasteiger partial charge in [0.2, 0.25) is 0 Å². The molecule has 0 bridgehead atoms. The summed E-state index contributed by atoms with van der Waals surface area (Å²) in [4.78, 5) is 2.49. The van der Waals surface area contributed by atoms with Crippen LogP contribution in [0.2, 0.25) is 0 Å². The Morgan fingerprint density at radius 1 is 0.342 bits per heavy atom. The second kappa shape index (κ2) is 16.8. The lowest BCUT2D eigenvalue weighted by atomic mass is 9.59. The second-order valence-electron chi connectivity index (χ2n) is 20.4. The van der Waals surface area contributed by atoms with Gasteiger partial charge in [0.25, 0.3) is 0 Å². The number of anilines is 3. The van der Waals surface area contributed by atoms with E-state index in [1.165, 1.54) is 105 Å². The van der Waals surface area contributed by atoms with Crippen LogP contribution in [0.4, 0.5) is 17.1 Å². The van der Waals surface area contributed by atoms with Crippen LogP contribution in [0.25, 0.3) is 60.9 Å². The predicted octanol–water partition coefficient (Wildman–Crippen LogP) is 18.2. The van der Waals surface area contributed by atoms with E-state index in [4.69, 9.17) is 0 Å². The topological polar surface area (TPSA) is 8.17 Å². The summed E-state index contributed by atoms with van der Waals surface area (Å²) in [6.45, 7) is 4.79. The van der Waals surface area contributed by atoms with Gasteiger partial charge in [0.15, 0.2) is 0 Å². The van der Waals surface area contributed by atoms with Crippen LogP contribution in [0.5, 0.6) is 0 Å². The van der Waals surface area contributed by atoms with E-state index in [1.807, 2.05) is 0 Å². The van der Waals surface area contributed by atoms with Crippen molar-refractivity contribution in [2.75, 3.05) is 4.90 Å². The number of benzene rings is 11. The molecule has 346 valence electrons. The van der Waals surface area contributed by atoms with Crippen molar-refractivity contribution in [3.63, 3.8) is 0 Å². The number of nitrogens with zero attached hydrogens (tertiary/aromatic N) is 2. The van der Waals surface area contributed by atoms with Crippen molar-refractivity contribution in [3.05, 3.63) is 311 Å². The van der Waals surface area contributed by atoms with Crippen molar-refractivity contribution in [3.8, 4) is 39.1 Å². The number of fused-ring (bicyclic) bond motifs is 8. The van der Waals surface area contributed by atoms with E-state index in [2.05, 4.69) is 290 Å². The molecule has 0 fully saturated rings. The van der Waals surface area contributed by atoms with Gasteiger partial charge in [0.05, 0.1) is 16.4 Å². The smallest absolute Gasteiger partial charge is 0.0707 e. The van der Waals surface area contributed by atoms with Crippen LogP contribution in [0.3, 0.4) is 0 Å². The molecule has 0 saturated carbocycles. The van der Waals surface area contributed by atoms with Crippen LogP contribution in [0.15, 0.2) is 267 Å². The summed E-state index contributed by atoms with van der Waals surface area (Å²) in [5, 5.41) is 2.50. The maximum atomic E-state index is 2.49. The lowest BCUT2D eigenvalue weighted by Gasteiger charge is -2.43. The molecule has 0 spiro atoms. The van der Waals surface area contributed by atoms with Crippen LogP contribution >= 0.6 is 0 Å². The Labute approximate surface area is 427 Å². The first-order valence-corrected chi connectivity index (χ1v) is 25.6. The van der Waals surface area contributed by atoms with Crippen LogP contribution in [-0.2, 0) is 17.3 Å². The van der Waals surface area contributed by atoms with Gasteiger partial charge in [-0.3, -0.25) is 0 Å². The highest BCUT2D eigenvalue weighted by atomic mass is 15.1. The summed E-state index contributed by atoms with van der Waals surface area (Å²) >= 11 is 0. The van der Waals surface area contributed by atoms with Gasteiger partial charge in [0.1, 0.15) is 0 Å². The minimum atomic E-state index is -0.492. The van der Waals surface area contributed by atoms with Crippen LogP contribution in [-0.4, -0.2) is 4.57 Å². The molecule has 11 aromatic carbocycles. The molecule has 0 saturated heterocycles. The molecule has 0 amide bonds. The first-order chi connectivity index (χ1) is 35.9. The molecule has 73 heavy (non-hydrogen) atoms. The van der Waals surface area contributed by atoms with Crippen molar-refractivity contribution in [2.45, 2.75) is 31.1 Å². The zero-order valence-electron chi connectivity index (χ0n) is 41.0. The molecule has 2 heteroatoms. The van der Waals surface area contributed by atoms with Crippen molar-refractivity contribution in [2.24, 2.45) is 0 Å². The minimum absolute atomic E-state index is 0.214. The highest BCUT2D eigenvalue weighted by Crippen LogP contribution is 2.54. The van der Waals surface area contributed by atoms with Crippen molar-refractivity contribution < 1.29 is 0 Å². The van der Waals surface area contributed by atoms with Gasteiger partial charge in [-0.1, -0.05) is 208 Å². The molecule has 0 N–H and O–H groups in total. The maximum Gasteiger partial charge on any atom is 0.0707 e. The van der Waals surface area contributed by atoms with E-state index in [0.29, 0.717) is 0 Å². The largest absolute Gasteiger partial charge is 0.310 e. The fourth-order valence-corrected chi connectivity index (χ4v) is 12.7. The number of aromatic nitrogens is 1. The lowest BCUT2D eigenvalue weighted by Crippen LogP contribution is -2.36. The molecule has 2 nitrogen and oxygen atoms in total. The molecular formula is C71H52N2. The predicted molar refractivity (Wildman–Crippen MR) is 305 cm³/mol. The second-order valence-corrected chi connectivity index (χ2v) is 20.4. The number of hydrogen-bond acceptors (Lipinski definition) is 1. The average Bonchev–Trinajstić information content (AvgIpc) is 3.90. The van der Waals surface area contributed by atoms with Gasteiger partial charge in [-0.2, -0.15) is 0 Å². The number of hydrogen-bond donors (Lipinski definition) is 0. The summed E-state index contributed by atoms with van der Waals surface area (Å²) in [5.41, 5.74) is 24.4. The molecule has 0 atom stereocenters. The van der Waals surface area contributed by atoms with E-state index in [9.17, 15) is 0 Å². The van der Waals surface area contributed by atoms with E-state index in [0.717, 1.165) is 23.5 Å². The van der Waals surface area contributed by atoms with Crippen LogP contribution in [0, 0.1) is 0 Å². The summed E-state index contributed by atoms with van der Waals surface area (Å²) in [6, 6.07) is 99.3. The van der Waals surface area contributed by atoms with Gasteiger partial charge in [0, 0.05) is 38.9 Å². The summed E-state index contributed by atoms with van der Waals surface area (Å²) in [5.74, 6) is 0. The third-order valence-electron chi connectivity index (χ3n) is 16.1. The fourth-order valence-electron chi connectivity index (χ4n) is 12.7. The minimum Gasteiger partial charge on any atom is -0.310 e. The van der Waals surface area contributed by atoms with Gasteiger partial charge >= 0.3 is 0 Å². The van der Waals surface area contributed by atoms with Crippen molar-refractivity contribution in [1.29, 1.82) is 0 Å². The molecule has 12 aromatic rings. The van der Waals surface area contributed by atoms with Gasteiger partial charge in [-0.15, -0.1) is 0 Å². The summed E-state index contributed by atoms with van der Waals surface area (Å²) in [6.07, 6.45) is 0.840. The number of para-hydroxylation sites is 2. The molecule has 1 aromatic heterocycles. The molecule has 1 heterocycles. The van der Waals surface area contributed by atoms with Crippen LogP contribution < -0.4 is 4.90 Å². The quantitative estimate of drug-likeness (QED) is 0.147. The Bertz CT molecular complexity index is 4020. The van der Waals surface area contributed by atoms with E-state index < -0.39 is 5.41 Å². The summed E-state index contributed by atoms with van der Waals surface area (Å²) < 4.78 is 2.38. The molecular weight excluding hydrogens is 881 g/mol. The fraction of sp³-hybridized carbons (Fsp3) is 0.0704. The lowest BCUT2D eigenvalue weighted by molar-refractivity contribution is 0.660. The normalized spacial score (nSPS) is 13.8. The Kier molecular flexibility index (Phi) is 9.88. The van der Waals surface area contributed by atoms with Crippen molar-refractivity contribution in [1.82, 2.24) is 4.57 Å². The Morgan fingerprint density at radius 2 is 0.849 bits per heavy atom. The zero-order valence-corrected chi connectivity index (χ0v) is 41.0. The molecule has 0 radical (unpaired) electrons. The molecule has 0 unspecified atom stereocenters. The third-order valence-corrected chi connectivity index (χ3v) is 16.1. The first-order valence-electron chi connectivity index (χ1n) is 25.6. The van der Waals surface area contributed by atoms with Crippen molar-refractivity contribution >= 4 is 38.9 Å². The summed E-state index contributed by atoms with van der Waals surface area (Å²) in [7, 11) is 0. The van der Waals surface area contributed by atoms with E-state index >= 15 is 0 Å². The third kappa shape index (κ3) is 6.71. The van der Waals surface area contributed by atoms with E-state index in [-0.39, 0.29) is 5.41 Å². The molecule has 2 aliphatic rings. The Hall–Kier alpha value is -8.98. The number of rotatable bonds is 8. The van der Waals surface area contributed by atoms with Gasteiger partial charge in [-0.25, -0.2) is 0 Å². The van der Waals surface area contributed by atoms with Crippen LogP contribution in [0.1, 0.15) is 58.4 Å². The molecule has 0 aliphatic heterocycles. The molecule has 2 aliphatic carbocycles. The highest BCUT2D eigenvalue weighted by molar-refractivity contribution is 6.10. The molecule has 14 rings (SSSR count). The van der Waals surface area contributed by atoms with Gasteiger partial charge < -0.3 is 9.47 Å². The monoisotopic (exact) mass is 932 g/mol. The van der Waals surface area contributed by atoms with Gasteiger partial charge in [-0.05, 0) is 157 Å². The maximum absolute atomic E-state index is 2.49. The Balaban J connectivity index is 0.926. The average molecular weight is 933 g/mol.